The van der Waals surface area contributed by atoms with E-state index in [4.69, 9.17) is 5.11 Å². The summed E-state index contributed by atoms with van der Waals surface area (Å²) in [5.74, 6) is -6.01. The Morgan fingerprint density at radius 1 is 1.31 bits per heavy atom. The fourth-order valence-electron chi connectivity index (χ4n) is 2.59. The number of carbonyl (C=O) groups excluding carboxylic acids is 2. The summed E-state index contributed by atoms with van der Waals surface area (Å²) in [4.78, 5) is 36.3. The van der Waals surface area contributed by atoms with E-state index in [0.717, 1.165) is 9.78 Å². The maximum absolute atomic E-state index is 12.9. The number of aliphatic carboxylic acids is 1. The Labute approximate surface area is 157 Å². The predicted molar refractivity (Wildman–Crippen MR) is 89.1 cm³/mol. The minimum Gasteiger partial charge on any atom is -0.481 e. The molecule has 3 N–H and O–H groups in total. The molecule has 0 spiro atoms. The maximum atomic E-state index is 12.9. The number of amides is 3. The summed E-state index contributed by atoms with van der Waals surface area (Å²) in [7, 11) is 0. The molecule has 1 aliphatic rings. The van der Waals surface area contributed by atoms with E-state index in [0.29, 0.717) is 0 Å². The monoisotopic (exact) mass is 415 g/mol. The SMILES string of the molecule is Cl.O=C(CN1C[C@@H](C(F)(F)F)[C@H](C(=O)O)C1)NC(=O)NCc1cccs1. The molecule has 0 unspecified atom stereocenters. The van der Waals surface area contributed by atoms with Gasteiger partial charge < -0.3 is 10.4 Å². The standard InChI is InChI=1S/C14H16F3N3O4S.ClH/c15-14(16,17)10-6-20(5-9(10)12(22)23)7-11(21)19-13(24)18-4-8-2-1-3-25-8;/h1-3,9-10H,4-7H2,(H,22,23)(H2,18,19,21,24);1H/t9-,10-;/m1./s1. The number of alkyl halides is 3. The van der Waals surface area contributed by atoms with E-state index in [9.17, 15) is 27.6 Å². The zero-order valence-corrected chi connectivity index (χ0v) is 14.9. The van der Waals surface area contributed by atoms with Crippen LogP contribution in [0.15, 0.2) is 17.5 Å². The number of hydrogen-bond acceptors (Lipinski definition) is 5. The van der Waals surface area contributed by atoms with E-state index in [2.05, 4.69) is 5.32 Å². The van der Waals surface area contributed by atoms with E-state index in [1.165, 1.54) is 11.3 Å². The van der Waals surface area contributed by atoms with Crippen LogP contribution >= 0.6 is 23.7 Å². The Morgan fingerprint density at radius 2 is 2.00 bits per heavy atom. The van der Waals surface area contributed by atoms with Crippen LogP contribution in [0.2, 0.25) is 0 Å². The van der Waals surface area contributed by atoms with Crippen LogP contribution < -0.4 is 10.6 Å². The van der Waals surface area contributed by atoms with Crippen molar-refractivity contribution in [2.75, 3.05) is 19.6 Å². The highest BCUT2D eigenvalue weighted by Crippen LogP contribution is 2.37. The highest BCUT2D eigenvalue weighted by molar-refractivity contribution is 7.09. The number of thiophene rings is 1. The van der Waals surface area contributed by atoms with Gasteiger partial charge in [0.05, 0.1) is 24.9 Å². The van der Waals surface area contributed by atoms with Crippen LogP contribution in [0.3, 0.4) is 0 Å². The van der Waals surface area contributed by atoms with E-state index in [1.54, 1.807) is 12.1 Å². The van der Waals surface area contributed by atoms with Gasteiger partial charge >= 0.3 is 18.2 Å². The molecule has 1 aliphatic heterocycles. The average Bonchev–Trinajstić information content (AvgIpc) is 3.13. The third-order valence-electron chi connectivity index (χ3n) is 3.76. The Bertz CT molecular complexity index is 642. The molecule has 1 aromatic heterocycles. The first kappa shape index (κ1) is 22.2. The summed E-state index contributed by atoms with van der Waals surface area (Å²) in [6, 6.07) is 2.83. The van der Waals surface area contributed by atoms with Crippen LogP contribution in [0.4, 0.5) is 18.0 Å². The van der Waals surface area contributed by atoms with Crippen LogP contribution in [0, 0.1) is 11.8 Å². The molecule has 12 heteroatoms. The number of rotatable bonds is 5. The van der Waals surface area contributed by atoms with Gasteiger partial charge in [-0.15, -0.1) is 23.7 Å². The molecule has 2 atom stereocenters. The Balaban J connectivity index is 0.00000338. The summed E-state index contributed by atoms with van der Waals surface area (Å²) in [5, 5.41) is 15.2. The number of carboxylic acids is 1. The van der Waals surface area contributed by atoms with Crippen LogP contribution in [-0.2, 0) is 16.1 Å². The summed E-state index contributed by atoms with van der Waals surface area (Å²) in [6.07, 6.45) is -4.66. The minimum absolute atomic E-state index is 0. The molecule has 0 aromatic carbocycles. The number of urea groups is 1. The Morgan fingerprint density at radius 3 is 2.50 bits per heavy atom. The van der Waals surface area contributed by atoms with Crippen LogP contribution in [-0.4, -0.2) is 53.7 Å². The normalized spacial score (nSPS) is 20.3. The molecular formula is C14H17ClF3N3O4S. The lowest BCUT2D eigenvalue weighted by Crippen LogP contribution is -2.44. The third kappa shape index (κ3) is 6.15. The van der Waals surface area contributed by atoms with Crippen molar-refractivity contribution in [3.63, 3.8) is 0 Å². The molecule has 1 aromatic rings. The lowest BCUT2D eigenvalue weighted by Gasteiger charge is -2.18. The van der Waals surface area contributed by atoms with Crippen LogP contribution in [0.25, 0.3) is 0 Å². The first-order chi connectivity index (χ1) is 11.7. The van der Waals surface area contributed by atoms with Gasteiger partial charge in [0.2, 0.25) is 5.91 Å². The molecule has 0 radical (unpaired) electrons. The molecule has 26 heavy (non-hydrogen) atoms. The lowest BCUT2D eigenvalue weighted by molar-refractivity contribution is -0.188. The van der Waals surface area contributed by atoms with Crippen molar-refractivity contribution in [2.45, 2.75) is 12.7 Å². The smallest absolute Gasteiger partial charge is 0.393 e. The molecule has 1 fully saturated rings. The quantitative estimate of drug-likeness (QED) is 0.679. The van der Waals surface area contributed by atoms with Crippen molar-refractivity contribution < 1.29 is 32.7 Å². The summed E-state index contributed by atoms with van der Waals surface area (Å²) in [6.45, 7) is -1.26. The Kier molecular flexibility index (Phi) is 7.85. The summed E-state index contributed by atoms with van der Waals surface area (Å²) < 4.78 is 38.6. The van der Waals surface area contributed by atoms with Crippen molar-refractivity contribution in [2.24, 2.45) is 11.8 Å². The number of imide groups is 1. The van der Waals surface area contributed by atoms with Gasteiger partial charge in [0.15, 0.2) is 0 Å². The van der Waals surface area contributed by atoms with E-state index in [1.807, 2.05) is 10.7 Å². The van der Waals surface area contributed by atoms with Crippen molar-refractivity contribution in [3.05, 3.63) is 22.4 Å². The minimum atomic E-state index is -4.66. The van der Waals surface area contributed by atoms with Gasteiger partial charge in [-0.05, 0) is 11.4 Å². The second kappa shape index (κ2) is 9.19. The van der Waals surface area contributed by atoms with E-state index < -0.39 is 55.6 Å². The van der Waals surface area contributed by atoms with Gasteiger partial charge in [0.25, 0.3) is 0 Å². The highest BCUT2D eigenvalue weighted by atomic mass is 35.5. The second-order valence-corrected chi connectivity index (χ2v) is 6.63. The largest absolute Gasteiger partial charge is 0.481 e. The van der Waals surface area contributed by atoms with Crippen molar-refractivity contribution in [1.29, 1.82) is 0 Å². The number of hydrogen-bond donors (Lipinski definition) is 3. The average molecular weight is 416 g/mol. The molecule has 2 heterocycles. The fourth-order valence-corrected chi connectivity index (χ4v) is 3.23. The molecule has 7 nitrogen and oxygen atoms in total. The summed E-state index contributed by atoms with van der Waals surface area (Å²) >= 11 is 1.42. The van der Waals surface area contributed by atoms with Gasteiger partial charge in [-0.2, -0.15) is 13.2 Å². The van der Waals surface area contributed by atoms with Gasteiger partial charge in [0.1, 0.15) is 0 Å². The molecule has 2 rings (SSSR count). The van der Waals surface area contributed by atoms with E-state index in [-0.39, 0.29) is 19.0 Å². The highest BCUT2D eigenvalue weighted by Gasteiger charge is 2.52. The third-order valence-corrected chi connectivity index (χ3v) is 4.63. The molecule has 1 saturated heterocycles. The topological polar surface area (TPSA) is 98.7 Å². The lowest BCUT2D eigenvalue weighted by atomic mass is 9.96. The second-order valence-electron chi connectivity index (χ2n) is 5.60. The maximum Gasteiger partial charge on any atom is 0.393 e. The number of nitrogens with zero attached hydrogens (tertiary/aromatic N) is 1. The van der Waals surface area contributed by atoms with Gasteiger partial charge in [-0.3, -0.25) is 19.8 Å². The summed E-state index contributed by atoms with van der Waals surface area (Å²) in [5.41, 5.74) is 0. The van der Waals surface area contributed by atoms with Gasteiger partial charge in [0, 0.05) is 18.0 Å². The molecule has 0 bridgehead atoms. The van der Waals surface area contributed by atoms with Gasteiger partial charge in [-0.1, -0.05) is 6.07 Å². The fraction of sp³-hybridized carbons (Fsp3) is 0.500. The molecular weight excluding hydrogens is 399 g/mol. The molecule has 0 aliphatic carbocycles. The van der Waals surface area contributed by atoms with Crippen molar-refractivity contribution in [1.82, 2.24) is 15.5 Å². The number of halogens is 4. The van der Waals surface area contributed by atoms with Crippen molar-refractivity contribution >= 4 is 41.7 Å². The van der Waals surface area contributed by atoms with Crippen molar-refractivity contribution in [3.8, 4) is 0 Å². The molecule has 3 amide bonds. The predicted octanol–water partition coefficient (Wildman–Crippen LogP) is 1.69. The van der Waals surface area contributed by atoms with Crippen LogP contribution in [0.1, 0.15) is 4.88 Å². The molecule has 0 saturated carbocycles. The first-order valence-electron chi connectivity index (χ1n) is 7.28. The number of likely N-dealkylation sites (tertiary alicyclic amines) is 1. The zero-order valence-electron chi connectivity index (χ0n) is 13.3. The molecule has 146 valence electrons. The number of carbonyl (C=O) groups is 3. The first-order valence-corrected chi connectivity index (χ1v) is 8.16. The van der Waals surface area contributed by atoms with Crippen LogP contribution in [0.5, 0.6) is 0 Å². The van der Waals surface area contributed by atoms with E-state index >= 15 is 0 Å². The number of carboxylic acid groups (broad SMARTS) is 1. The number of nitrogens with one attached hydrogen (secondary N) is 2. The zero-order chi connectivity index (χ0) is 18.6. The van der Waals surface area contributed by atoms with Gasteiger partial charge in [-0.25, -0.2) is 4.79 Å². The Hall–Kier alpha value is -1.85.